The highest BCUT2D eigenvalue weighted by atomic mass is 16.6. The molecule has 1 unspecified atom stereocenters. The third-order valence-electron chi connectivity index (χ3n) is 5.85. The van der Waals surface area contributed by atoms with E-state index in [0.29, 0.717) is 12.7 Å². The molecule has 0 aliphatic carbocycles. The molecule has 0 radical (unpaired) electrons. The van der Waals surface area contributed by atoms with Crippen molar-refractivity contribution in [1.29, 1.82) is 0 Å². The van der Waals surface area contributed by atoms with Gasteiger partial charge in [0.05, 0.1) is 6.61 Å². The minimum atomic E-state index is 0.330. The van der Waals surface area contributed by atoms with Crippen LogP contribution in [-0.2, 0) is 11.2 Å². The minimum absolute atomic E-state index is 0.330. The maximum Gasteiger partial charge on any atom is 0.122 e. The summed E-state index contributed by atoms with van der Waals surface area (Å²) in [5.74, 6) is 1.06. The first kappa shape index (κ1) is 24.0. The summed E-state index contributed by atoms with van der Waals surface area (Å²) < 4.78 is 11.1. The number of epoxide rings is 1. The molecule has 0 spiro atoms. The Balaban J connectivity index is 1.35. The van der Waals surface area contributed by atoms with Crippen LogP contribution in [0.4, 0.5) is 0 Å². The molecular weight excluding hydrogens is 356 g/mol. The number of rotatable bonds is 19. The first-order chi connectivity index (χ1) is 14.4. The Bertz CT molecular complexity index is 533. The van der Waals surface area contributed by atoms with Gasteiger partial charge in [0, 0.05) is 0 Å². The summed E-state index contributed by atoms with van der Waals surface area (Å²) in [4.78, 5) is 0. The highest BCUT2D eigenvalue weighted by Crippen LogP contribution is 2.22. The smallest absolute Gasteiger partial charge is 0.122 e. The average Bonchev–Trinajstić information content (AvgIpc) is 3.57. The Hall–Kier alpha value is -1.28. The van der Waals surface area contributed by atoms with Crippen LogP contribution in [0.3, 0.4) is 0 Å². The lowest BCUT2D eigenvalue weighted by Gasteiger charge is -2.10. The Morgan fingerprint density at radius 1 is 0.828 bits per heavy atom. The molecule has 164 valence electrons. The van der Waals surface area contributed by atoms with Crippen LogP contribution in [0.5, 0.6) is 5.75 Å². The van der Waals surface area contributed by atoms with Gasteiger partial charge in [0.25, 0.3) is 0 Å². The Morgan fingerprint density at radius 3 is 1.97 bits per heavy atom. The van der Waals surface area contributed by atoms with E-state index in [1.54, 1.807) is 0 Å². The lowest BCUT2D eigenvalue weighted by atomic mass is 10.0. The van der Waals surface area contributed by atoms with Crippen molar-refractivity contribution in [3.8, 4) is 5.75 Å². The maximum atomic E-state index is 5.91. The Morgan fingerprint density at radius 2 is 1.38 bits per heavy atom. The van der Waals surface area contributed by atoms with Crippen LogP contribution < -0.4 is 4.74 Å². The van der Waals surface area contributed by atoms with Crippen LogP contribution in [-0.4, -0.2) is 19.3 Å². The molecule has 0 saturated carbocycles. The van der Waals surface area contributed by atoms with Gasteiger partial charge in [0.2, 0.25) is 0 Å². The SMILES string of the molecule is C/C=C/CCCCCCCCCCCCCCCc1ccccc1OCC1CO1. The van der Waals surface area contributed by atoms with Crippen molar-refractivity contribution < 1.29 is 9.47 Å². The number of para-hydroxylation sites is 1. The maximum absolute atomic E-state index is 5.91. The Labute approximate surface area is 180 Å². The van der Waals surface area contributed by atoms with Crippen molar-refractivity contribution in [2.24, 2.45) is 0 Å². The summed E-state index contributed by atoms with van der Waals surface area (Å²) in [5.41, 5.74) is 1.36. The van der Waals surface area contributed by atoms with E-state index in [1.165, 1.54) is 95.5 Å². The van der Waals surface area contributed by atoms with Gasteiger partial charge in [-0.2, -0.15) is 0 Å². The van der Waals surface area contributed by atoms with Crippen LogP contribution in [0.25, 0.3) is 0 Å². The van der Waals surface area contributed by atoms with E-state index in [-0.39, 0.29) is 0 Å². The van der Waals surface area contributed by atoms with E-state index in [2.05, 4.69) is 43.3 Å². The third kappa shape index (κ3) is 12.8. The van der Waals surface area contributed by atoms with Crippen LogP contribution >= 0.6 is 0 Å². The zero-order valence-corrected chi connectivity index (χ0v) is 18.9. The van der Waals surface area contributed by atoms with E-state index in [1.807, 2.05) is 0 Å². The van der Waals surface area contributed by atoms with E-state index in [0.717, 1.165) is 18.8 Å². The summed E-state index contributed by atoms with van der Waals surface area (Å²) in [6.45, 7) is 3.68. The van der Waals surface area contributed by atoms with Crippen molar-refractivity contribution in [1.82, 2.24) is 0 Å². The summed E-state index contributed by atoms with van der Waals surface area (Å²) >= 11 is 0. The van der Waals surface area contributed by atoms with Gasteiger partial charge < -0.3 is 9.47 Å². The van der Waals surface area contributed by atoms with Gasteiger partial charge in [-0.05, 0) is 44.2 Å². The minimum Gasteiger partial charge on any atom is -0.491 e. The van der Waals surface area contributed by atoms with Gasteiger partial charge in [0.15, 0.2) is 0 Å². The molecule has 1 fully saturated rings. The summed E-state index contributed by atoms with van der Waals surface area (Å²) in [6.07, 6.45) is 25.4. The molecule has 2 rings (SSSR count). The van der Waals surface area contributed by atoms with Gasteiger partial charge in [-0.3, -0.25) is 0 Å². The second-order valence-electron chi connectivity index (χ2n) is 8.58. The topological polar surface area (TPSA) is 21.8 Å². The van der Waals surface area contributed by atoms with Crippen molar-refractivity contribution in [3.05, 3.63) is 42.0 Å². The fourth-order valence-electron chi connectivity index (χ4n) is 3.89. The van der Waals surface area contributed by atoms with Crippen LogP contribution in [0.15, 0.2) is 36.4 Å². The first-order valence-electron chi connectivity index (χ1n) is 12.3. The van der Waals surface area contributed by atoms with E-state index in [9.17, 15) is 0 Å². The molecule has 29 heavy (non-hydrogen) atoms. The van der Waals surface area contributed by atoms with Gasteiger partial charge >= 0.3 is 0 Å². The number of hydrogen-bond donors (Lipinski definition) is 0. The summed E-state index contributed by atoms with van der Waals surface area (Å²) in [7, 11) is 0. The van der Waals surface area contributed by atoms with Crippen molar-refractivity contribution in [2.75, 3.05) is 13.2 Å². The molecule has 1 saturated heterocycles. The molecule has 0 amide bonds. The largest absolute Gasteiger partial charge is 0.491 e. The lowest BCUT2D eigenvalue weighted by molar-refractivity contribution is 0.261. The third-order valence-corrected chi connectivity index (χ3v) is 5.85. The average molecular weight is 401 g/mol. The molecule has 0 bridgehead atoms. The van der Waals surface area contributed by atoms with Crippen molar-refractivity contribution in [2.45, 2.75) is 109 Å². The number of benzene rings is 1. The summed E-state index contributed by atoms with van der Waals surface area (Å²) in [5, 5.41) is 0. The molecule has 0 aromatic heterocycles. The zero-order valence-electron chi connectivity index (χ0n) is 18.9. The monoisotopic (exact) mass is 400 g/mol. The quantitative estimate of drug-likeness (QED) is 0.133. The molecule has 0 N–H and O–H groups in total. The van der Waals surface area contributed by atoms with Gasteiger partial charge in [-0.25, -0.2) is 0 Å². The van der Waals surface area contributed by atoms with Crippen molar-refractivity contribution >= 4 is 0 Å². The predicted octanol–water partition coefficient (Wildman–Crippen LogP) is 8.04. The van der Waals surface area contributed by atoms with Crippen LogP contribution in [0.1, 0.15) is 102 Å². The fourth-order valence-corrected chi connectivity index (χ4v) is 3.89. The molecular formula is C27H44O2. The van der Waals surface area contributed by atoms with E-state index < -0.39 is 0 Å². The van der Waals surface area contributed by atoms with E-state index in [4.69, 9.17) is 9.47 Å². The molecule has 1 aliphatic heterocycles. The molecule has 1 atom stereocenters. The fraction of sp³-hybridized carbons (Fsp3) is 0.704. The number of allylic oxidation sites excluding steroid dienone is 2. The zero-order chi connectivity index (χ0) is 20.4. The molecule has 1 heterocycles. The predicted molar refractivity (Wildman–Crippen MR) is 125 cm³/mol. The molecule has 2 heteroatoms. The highest BCUT2D eigenvalue weighted by molar-refractivity contribution is 5.33. The highest BCUT2D eigenvalue weighted by Gasteiger charge is 2.23. The number of unbranched alkanes of at least 4 members (excludes halogenated alkanes) is 13. The molecule has 1 aromatic carbocycles. The molecule has 1 aliphatic rings. The van der Waals surface area contributed by atoms with Gasteiger partial charge in [-0.15, -0.1) is 0 Å². The number of ether oxygens (including phenoxy) is 2. The van der Waals surface area contributed by atoms with Gasteiger partial charge in [-0.1, -0.05) is 101 Å². The lowest BCUT2D eigenvalue weighted by Crippen LogP contribution is -2.05. The van der Waals surface area contributed by atoms with E-state index >= 15 is 0 Å². The summed E-state index contributed by atoms with van der Waals surface area (Å²) in [6, 6.07) is 8.50. The normalized spacial score (nSPS) is 15.8. The second kappa shape index (κ2) is 16.5. The van der Waals surface area contributed by atoms with Crippen LogP contribution in [0.2, 0.25) is 0 Å². The first-order valence-corrected chi connectivity index (χ1v) is 12.3. The second-order valence-corrected chi connectivity index (χ2v) is 8.58. The van der Waals surface area contributed by atoms with Crippen LogP contribution in [0, 0.1) is 0 Å². The molecule has 1 aromatic rings. The number of hydrogen-bond acceptors (Lipinski definition) is 2. The Kier molecular flexibility index (Phi) is 13.7. The van der Waals surface area contributed by atoms with Gasteiger partial charge in [0.1, 0.15) is 18.5 Å². The molecule has 2 nitrogen and oxygen atoms in total. The number of aryl methyl sites for hydroxylation is 1. The standard InChI is InChI=1S/C27H44O2/c1-2-3-4-5-6-7-8-9-10-11-12-13-14-15-16-17-20-25-21-18-19-22-27(25)29-24-26-23-28-26/h2-3,18-19,21-22,26H,4-17,20,23-24H2,1H3/b3-2+. The van der Waals surface area contributed by atoms with Crippen molar-refractivity contribution in [3.63, 3.8) is 0 Å².